The molecule has 0 fully saturated rings. The van der Waals surface area contributed by atoms with E-state index in [0.29, 0.717) is 29.1 Å². The van der Waals surface area contributed by atoms with E-state index in [4.69, 9.17) is 15.4 Å². The van der Waals surface area contributed by atoms with Gasteiger partial charge in [-0.15, -0.1) is 0 Å². The van der Waals surface area contributed by atoms with Gasteiger partial charge in [-0.25, -0.2) is 0 Å². The number of thioether (sulfide) groups is 1. The molecule has 0 saturated heterocycles. The Labute approximate surface area is 104 Å². The van der Waals surface area contributed by atoms with E-state index in [9.17, 15) is 4.79 Å². The molecule has 1 atom stereocenters. The molecule has 1 rings (SSSR count). The molecule has 0 bridgehead atoms. The zero-order chi connectivity index (χ0) is 12.8. The van der Waals surface area contributed by atoms with Gasteiger partial charge in [0.15, 0.2) is 5.82 Å². The highest BCUT2D eigenvalue weighted by Gasteiger charge is 2.13. The molecule has 1 aromatic heterocycles. The van der Waals surface area contributed by atoms with Crippen LogP contribution in [0.5, 0.6) is 0 Å². The maximum atomic E-state index is 10.5. The van der Waals surface area contributed by atoms with Crippen LogP contribution in [0.15, 0.2) is 4.52 Å². The minimum Gasteiger partial charge on any atom is -0.480 e. The van der Waals surface area contributed by atoms with Crippen LogP contribution in [0.25, 0.3) is 0 Å². The van der Waals surface area contributed by atoms with Crippen LogP contribution in [-0.2, 0) is 17.0 Å². The maximum absolute atomic E-state index is 10.5. The Bertz CT molecular complexity index is 367. The number of hydrogen-bond donors (Lipinski definition) is 2. The molecular formula is C10H17N3O3S. The third-order valence-electron chi connectivity index (χ3n) is 1.94. The Hall–Kier alpha value is -1.08. The number of hydrogen-bond acceptors (Lipinski definition) is 6. The minimum absolute atomic E-state index is 0.337. The van der Waals surface area contributed by atoms with Gasteiger partial charge in [0.1, 0.15) is 6.04 Å². The Morgan fingerprint density at radius 3 is 2.88 bits per heavy atom. The van der Waals surface area contributed by atoms with Gasteiger partial charge in [0.25, 0.3) is 0 Å². The molecule has 0 aromatic carbocycles. The van der Waals surface area contributed by atoms with E-state index >= 15 is 0 Å². The van der Waals surface area contributed by atoms with Crippen LogP contribution in [0.1, 0.15) is 25.6 Å². The van der Waals surface area contributed by atoms with E-state index < -0.39 is 12.0 Å². The van der Waals surface area contributed by atoms with Crippen LogP contribution < -0.4 is 5.73 Å². The highest BCUT2D eigenvalue weighted by molar-refractivity contribution is 7.98. The molecule has 6 nitrogen and oxygen atoms in total. The summed E-state index contributed by atoms with van der Waals surface area (Å²) in [6.07, 6.45) is 0.756. The number of rotatable bonds is 7. The zero-order valence-electron chi connectivity index (χ0n) is 9.92. The number of carbonyl (C=O) groups is 1. The number of nitrogens with zero attached hydrogens (tertiary/aromatic N) is 2. The Morgan fingerprint density at radius 1 is 1.59 bits per heavy atom. The summed E-state index contributed by atoms with van der Waals surface area (Å²) >= 11 is 1.38. The number of aliphatic carboxylic acids is 1. The largest absolute Gasteiger partial charge is 0.480 e. The number of carboxylic acid groups (broad SMARTS) is 1. The zero-order valence-corrected chi connectivity index (χ0v) is 10.7. The fourth-order valence-electron chi connectivity index (χ4n) is 1.13. The normalized spacial score (nSPS) is 12.9. The van der Waals surface area contributed by atoms with Gasteiger partial charge in [-0.3, -0.25) is 4.79 Å². The van der Waals surface area contributed by atoms with Gasteiger partial charge < -0.3 is 15.4 Å². The predicted molar refractivity (Wildman–Crippen MR) is 64.6 cm³/mol. The monoisotopic (exact) mass is 259 g/mol. The van der Waals surface area contributed by atoms with Crippen molar-refractivity contribution in [2.75, 3.05) is 5.75 Å². The summed E-state index contributed by atoms with van der Waals surface area (Å²) in [7, 11) is 0. The first-order chi connectivity index (χ1) is 7.99. The Balaban J connectivity index is 2.32. The number of nitrogens with two attached hydrogens (primary N) is 1. The van der Waals surface area contributed by atoms with Crippen LogP contribution in [0.3, 0.4) is 0 Å². The van der Waals surface area contributed by atoms with E-state index in [-0.39, 0.29) is 0 Å². The van der Waals surface area contributed by atoms with Gasteiger partial charge in [-0.05, 0) is 5.92 Å². The molecule has 7 heteroatoms. The highest BCUT2D eigenvalue weighted by atomic mass is 32.2. The molecule has 96 valence electrons. The lowest BCUT2D eigenvalue weighted by atomic mass is 10.1. The van der Waals surface area contributed by atoms with Crippen molar-refractivity contribution < 1.29 is 14.4 Å². The molecule has 0 aliphatic heterocycles. The molecule has 0 radical (unpaired) electrons. The first kappa shape index (κ1) is 14.0. The van der Waals surface area contributed by atoms with Crippen molar-refractivity contribution in [2.24, 2.45) is 11.7 Å². The summed E-state index contributed by atoms with van der Waals surface area (Å²) < 4.78 is 5.06. The molecule has 1 aromatic rings. The summed E-state index contributed by atoms with van der Waals surface area (Å²) in [5.41, 5.74) is 5.37. The van der Waals surface area contributed by atoms with Gasteiger partial charge in [0, 0.05) is 12.2 Å². The standard InChI is InChI=1S/C10H17N3O3S/c1-6(2)3-9-12-8(13-16-9)5-17-4-7(11)10(14)15/h6-7H,3-5,11H2,1-2H3,(H,14,15)/t7-/m1/s1. The summed E-state index contributed by atoms with van der Waals surface area (Å²) in [6, 6.07) is -0.845. The molecule has 0 aliphatic carbocycles. The van der Waals surface area contributed by atoms with Crippen LogP contribution in [0.2, 0.25) is 0 Å². The average Bonchev–Trinajstić information content (AvgIpc) is 2.64. The summed E-state index contributed by atoms with van der Waals surface area (Å²) in [6.45, 7) is 4.15. The molecule has 0 spiro atoms. The molecule has 0 saturated carbocycles. The van der Waals surface area contributed by atoms with Gasteiger partial charge >= 0.3 is 5.97 Å². The number of aromatic nitrogens is 2. The highest BCUT2D eigenvalue weighted by Crippen LogP contribution is 2.12. The second-order valence-electron chi connectivity index (χ2n) is 4.16. The van der Waals surface area contributed by atoms with Crippen molar-refractivity contribution in [3.8, 4) is 0 Å². The van der Waals surface area contributed by atoms with Crippen molar-refractivity contribution >= 4 is 17.7 Å². The Morgan fingerprint density at radius 2 is 2.29 bits per heavy atom. The van der Waals surface area contributed by atoms with Gasteiger partial charge in [0.2, 0.25) is 5.89 Å². The lowest BCUT2D eigenvalue weighted by molar-refractivity contribution is -0.137. The van der Waals surface area contributed by atoms with E-state index in [1.807, 2.05) is 0 Å². The van der Waals surface area contributed by atoms with Gasteiger partial charge in [-0.2, -0.15) is 16.7 Å². The molecule has 0 unspecified atom stereocenters. The van der Waals surface area contributed by atoms with Crippen molar-refractivity contribution in [3.05, 3.63) is 11.7 Å². The molecule has 17 heavy (non-hydrogen) atoms. The molecular weight excluding hydrogens is 242 g/mol. The molecule has 1 heterocycles. The summed E-state index contributed by atoms with van der Waals surface area (Å²) in [5.74, 6) is 1.54. The third-order valence-corrected chi connectivity index (χ3v) is 3.00. The van der Waals surface area contributed by atoms with Gasteiger partial charge in [0.05, 0.1) is 5.75 Å². The minimum atomic E-state index is -0.994. The van der Waals surface area contributed by atoms with E-state index in [1.165, 1.54) is 11.8 Å². The maximum Gasteiger partial charge on any atom is 0.321 e. The van der Waals surface area contributed by atoms with Crippen molar-refractivity contribution in [1.82, 2.24) is 10.1 Å². The number of carboxylic acids is 1. The Kier molecular flexibility index (Phi) is 5.43. The molecule has 0 amide bonds. The third kappa shape index (κ3) is 5.18. The second kappa shape index (κ2) is 6.61. The fraction of sp³-hybridized carbons (Fsp3) is 0.700. The molecule has 3 N–H and O–H groups in total. The second-order valence-corrected chi connectivity index (χ2v) is 5.19. The first-order valence-corrected chi connectivity index (χ1v) is 6.52. The van der Waals surface area contributed by atoms with Crippen molar-refractivity contribution in [2.45, 2.75) is 32.1 Å². The van der Waals surface area contributed by atoms with Crippen LogP contribution in [0.4, 0.5) is 0 Å². The first-order valence-electron chi connectivity index (χ1n) is 5.36. The average molecular weight is 259 g/mol. The summed E-state index contributed by atoms with van der Waals surface area (Å²) in [5, 5.41) is 12.4. The van der Waals surface area contributed by atoms with Crippen molar-refractivity contribution in [1.29, 1.82) is 0 Å². The van der Waals surface area contributed by atoms with Gasteiger partial charge in [-0.1, -0.05) is 19.0 Å². The van der Waals surface area contributed by atoms with Crippen LogP contribution in [0, 0.1) is 5.92 Å². The topological polar surface area (TPSA) is 102 Å². The lowest BCUT2D eigenvalue weighted by Gasteiger charge is -2.03. The van der Waals surface area contributed by atoms with E-state index in [1.54, 1.807) is 0 Å². The molecule has 0 aliphatic rings. The lowest BCUT2D eigenvalue weighted by Crippen LogP contribution is -2.32. The summed E-state index contributed by atoms with van der Waals surface area (Å²) in [4.78, 5) is 14.7. The van der Waals surface area contributed by atoms with Crippen molar-refractivity contribution in [3.63, 3.8) is 0 Å². The fourth-order valence-corrected chi connectivity index (χ4v) is 1.94. The van der Waals surface area contributed by atoms with E-state index in [2.05, 4.69) is 24.0 Å². The van der Waals surface area contributed by atoms with Crippen LogP contribution >= 0.6 is 11.8 Å². The van der Waals surface area contributed by atoms with Crippen LogP contribution in [-0.4, -0.2) is 33.0 Å². The van der Waals surface area contributed by atoms with E-state index in [0.717, 1.165) is 6.42 Å². The predicted octanol–water partition coefficient (Wildman–Crippen LogP) is 0.913. The SMILES string of the molecule is CC(C)Cc1nc(CSC[C@@H](N)C(=O)O)no1. The smallest absolute Gasteiger partial charge is 0.321 e. The quantitative estimate of drug-likeness (QED) is 0.750.